The molecule has 2 aliphatic carbocycles. The molecule has 0 radical (unpaired) electrons. The predicted octanol–water partition coefficient (Wildman–Crippen LogP) is 3.61. The molecule has 1 amide bonds. The Morgan fingerprint density at radius 2 is 1.89 bits per heavy atom. The second kappa shape index (κ2) is 5.66. The Bertz CT molecular complexity index is 486. The highest BCUT2D eigenvalue weighted by atomic mass is 79.9. The van der Waals surface area contributed by atoms with Gasteiger partial charge in [-0.15, -0.1) is 0 Å². The molecule has 0 bridgehead atoms. The zero-order chi connectivity index (χ0) is 13.2. The molecule has 3 rings (SSSR count). The van der Waals surface area contributed by atoms with Crippen molar-refractivity contribution in [3.63, 3.8) is 0 Å². The maximum Gasteiger partial charge on any atom is 0.251 e. The van der Waals surface area contributed by atoms with E-state index in [1.54, 1.807) is 0 Å². The van der Waals surface area contributed by atoms with Crippen molar-refractivity contribution in [1.29, 1.82) is 0 Å². The number of amides is 1. The van der Waals surface area contributed by atoms with Crippen molar-refractivity contribution < 1.29 is 4.79 Å². The molecule has 2 nitrogen and oxygen atoms in total. The minimum atomic E-state index is 0.0889. The Labute approximate surface area is 123 Å². The summed E-state index contributed by atoms with van der Waals surface area (Å²) in [6.45, 7) is 0. The normalized spacial score (nSPS) is 25.9. The first kappa shape index (κ1) is 13.2. The number of benzene rings is 1. The van der Waals surface area contributed by atoms with Gasteiger partial charge < -0.3 is 5.32 Å². The molecule has 2 atom stereocenters. The monoisotopic (exact) mass is 321 g/mol. The van der Waals surface area contributed by atoms with Crippen molar-refractivity contribution in [3.05, 3.63) is 34.9 Å². The molecule has 3 heteroatoms. The topological polar surface area (TPSA) is 29.1 Å². The first-order chi connectivity index (χ1) is 9.24. The lowest BCUT2D eigenvalue weighted by Crippen LogP contribution is -2.42. The van der Waals surface area contributed by atoms with Crippen LogP contribution in [0.3, 0.4) is 0 Å². The molecule has 0 heterocycles. The zero-order valence-corrected chi connectivity index (χ0v) is 12.7. The first-order valence-corrected chi connectivity index (χ1v) is 8.22. The van der Waals surface area contributed by atoms with Gasteiger partial charge in [0.15, 0.2) is 0 Å². The maximum atomic E-state index is 12.3. The van der Waals surface area contributed by atoms with Gasteiger partial charge in [-0.3, -0.25) is 4.79 Å². The van der Waals surface area contributed by atoms with Gasteiger partial charge in [-0.05, 0) is 55.4 Å². The average molecular weight is 322 g/mol. The minimum absolute atomic E-state index is 0.0889. The third kappa shape index (κ3) is 2.86. The lowest BCUT2D eigenvalue weighted by molar-refractivity contribution is 0.0929. The molecule has 102 valence electrons. The van der Waals surface area contributed by atoms with Gasteiger partial charge in [-0.1, -0.05) is 34.8 Å². The summed E-state index contributed by atoms with van der Waals surface area (Å²) in [5.74, 6) is 0.0889. The van der Waals surface area contributed by atoms with Crippen molar-refractivity contribution in [3.8, 4) is 0 Å². The van der Waals surface area contributed by atoms with Gasteiger partial charge in [0.2, 0.25) is 0 Å². The van der Waals surface area contributed by atoms with Crippen LogP contribution in [-0.4, -0.2) is 16.8 Å². The fourth-order valence-corrected chi connectivity index (χ4v) is 3.93. The summed E-state index contributed by atoms with van der Waals surface area (Å²) in [4.78, 5) is 12.8. The molecular weight excluding hydrogens is 302 g/mol. The number of fused-ring (bicyclic) bond motifs is 1. The molecule has 0 aliphatic heterocycles. The van der Waals surface area contributed by atoms with E-state index >= 15 is 0 Å². The van der Waals surface area contributed by atoms with E-state index in [0.717, 1.165) is 24.8 Å². The number of aryl methyl sites for hydroxylation is 2. The van der Waals surface area contributed by atoms with E-state index in [9.17, 15) is 4.79 Å². The van der Waals surface area contributed by atoms with E-state index in [1.165, 1.54) is 36.8 Å². The number of alkyl halides is 1. The Morgan fingerprint density at radius 1 is 1.11 bits per heavy atom. The van der Waals surface area contributed by atoms with Crippen molar-refractivity contribution in [1.82, 2.24) is 5.32 Å². The Morgan fingerprint density at radius 3 is 2.74 bits per heavy atom. The van der Waals surface area contributed by atoms with E-state index in [2.05, 4.69) is 33.4 Å². The fraction of sp³-hybridized carbons (Fsp3) is 0.562. The van der Waals surface area contributed by atoms with Gasteiger partial charge in [0.1, 0.15) is 0 Å². The van der Waals surface area contributed by atoms with Crippen molar-refractivity contribution in [2.45, 2.75) is 55.8 Å². The average Bonchev–Trinajstić information content (AvgIpc) is 2.88. The minimum Gasteiger partial charge on any atom is -0.348 e. The van der Waals surface area contributed by atoms with Crippen molar-refractivity contribution in [2.24, 2.45) is 0 Å². The molecule has 0 spiro atoms. The molecule has 0 saturated heterocycles. The summed E-state index contributed by atoms with van der Waals surface area (Å²) in [5, 5.41) is 3.19. The summed E-state index contributed by atoms with van der Waals surface area (Å²) in [6, 6.07) is 6.48. The third-order valence-corrected chi connectivity index (χ3v) is 5.45. The first-order valence-electron chi connectivity index (χ1n) is 7.31. The van der Waals surface area contributed by atoms with Crippen LogP contribution in [0, 0.1) is 0 Å². The van der Waals surface area contributed by atoms with E-state index < -0.39 is 0 Å². The smallest absolute Gasteiger partial charge is 0.251 e. The predicted molar refractivity (Wildman–Crippen MR) is 80.9 cm³/mol. The van der Waals surface area contributed by atoms with Crippen LogP contribution in [0.1, 0.15) is 53.6 Å². The van der Waals surface area contributed by atoms with Gasteiger partial charge >= 0.3 is 0 Å². The summed E-state index contributed by atoms with van der Waals surface area (Å²) < 4.78 is 0. The lowest BCUT2D eigenvalue weighted by Gasteiger charge is -2.28. The molecule has 1 aromatic rings. The van der Waals surface area contributed by atoms with E-state index in [4.69, 9.17) is 0 Å². The highest BCUT2D eigenvalue weighted by molar-refractivity contribution is 9.09. The highest BCUT2D eigenvalue weighted by Gasteiger charge is 2.25. The number of carbonyl (C=O) groups excluding carboxylic acids is 1. The van der Waals surface area contributed by atoms with E-state index in [-0.39, 0.29) is 11.9 Å². The van der Waals surface area contributed by atoms with Gasteiger partial charge in [0.25, 0.3) is 5.91 Å². The number of hydrogen-bond acceptors (Lipinski definition) is 1. The molecule has 0 aromatic heterocycles. The molecular formula is C16H20BrNO. The SMILES string of the molecule is O=C(NC1CCCCC1Br)c1ccc2c(c1)CCC2. The Kier molecular flexibility index (Phi) is 3.92. The molecule has 1 N–H and O–H groups in total. The van der Waals surface area contributed by atoms with Gasteiger partial charge in [-0.25, -0.2) is 0 Å². The quantitative estimate of drug-likeness (QED) is 0.828. The van der Waals surface area contributed by atoms with Crippen LogP contribution < -0.4 is 5.32 Å². The maximum absolute atomic E-state index is 12.3. The van der Waals surface area contributed by atoms with E-state index in [0.29, 0.717) is 4.83 Å². The second-order valence-electron chi connectivity index (χ2n) is 5.72. The van der Waals surface area contributed by atoms with E-state index in [1.807, 2.05) is 6.07 Å². The highest BCUT2D eigenvalue weighted by Crippen LogP contribution is 2.26. The number of carbonyl (C=O) groups is 1. The number of nitrogens with one attached hydrogen (secondary N) is 1. The standard InChI is InChI=1S/C16H20BrNO/c17-14-6-1-2-7-15(14)18-16(19)13-9-8-11-4-3-5-12(11)10-13/h8-10,14-15H,1-7H2,(H,18,19). The Hall–Kier alpha value is -0.830. The fourth-order valence-electron chi connectivity index (χ4n) is 3.21. The lowest BCUT2D eigenvalue weighted by atomic mass is 9.95. The van der Waals surface area contributed by atoms with Gasteiger partial charge in [0.05, 0.1) is 0 Å². The van der Waals surface area contributed by atoms with Crippen LogP contribution in [0.5, 0.6) is 0 Å². The molecule has 2 unspecified atom stereocenters. The molecule has 1 saturated carbocycles. The molecule has 2 aliphatic rings. The summed E-state index contributed by atoms with van der Waals surface area (Å²) in [5.41, 5.74) is 3.62. The van der Waals surface area contributed by atoms with Crippen LogP contribution in [0.15, 0.2) is 18.2 Å². The van der Waals surface area contributed by atoms with Crippen LogP contribution in [0.25, 0.3) is 0 Å². The van der Waals surface area contributed by atoms with Crippen LogP contribution in [-0.2, 0) is 12.8 Å². The summed E-state index contributed by atoms with van der Waals surface area (Å²) in [7, 11) is 0. The third-order valence-electron chi connectivity index (χ3n) is 4.36. The van der Waals surface area contributed by atoms with Gasteiger partial charge in [0, 0.05) is 16.4 Å². The summed E-state index contributed by atoms with van der Waals surface area (Å²) >= 11 is 3.69. The number of halogens is 1. The molecule has 19 heavy (non-hydrogen) atoms. The molecule has 1 aromatic carbocycles. The van der Waals surface area contributed by atoms with Crippen LogP contribution >= 0.6 is 15.9 Å². The zero-order valence-electron chi connectivity index (χ0n) is 11.1. The van der Waals surface area contributed by atoms with Crippen molar-refractivity contribution >= 4 is 21.8 Å². The van der Waals surface area contributed by atoms with Crippen LogP contribution in [0.2, 0.25) is 0 Å². The molecule has 1 fully saturated rings. The summed E-state index contributed by atoms with van der Waals surface area (Å²) in [6.07, 6.45) is 8.26. The van der Waals surface area contributed by atoms with Crippen molar-refractivity contribution in [2.75, 3.05) is 0 Å². The second-order valence-corrected chi connectivity index (χ2v) is 6.89. The Balaban J connectivity index is 1.70. The number of hydrogen-bond donors (Lipinski definition) is 1. The van der Waals surface area contributed by atoms with Gasteiger partial charge in [-0.2, -0.15) is 0 Å². The number of rotatable bonds is 2. The van der Waals surface area contributed by atoms with Crippen LogP contribution in [0.4, 0.5) is 0 Å². The largest absolute Gasteiger partial charge is 0.348 e.